The largest absolute Gasteiger partial charge is 0.478 e. The van der Waals surface area contributed by atoms with E-state index in [0.29, 0.717) is 19.8 Å². The number of carboxylic acids is 1. The van der Waals surface area contributed by atoms with Crippen LogP contribution in [-0.2, 0) is 20.9 Å². The minimum atomic E-state index is -0.948. The van der Waals surface area contributed by atoms with Crippen molar-refractivity contribution < 1.29 is 19.4 Å². The van der Waals surface area contributed by atoms with E-state index in [0.717, 1.165) is 23.6 Å². The van der Waals surface area contributed by atoms with Crippen molar-refractivity contribution in [1.29, 1.82) is 0 Å². The molecule has 0 saturated carbocycles. The van der Waals surface area contributed by atoms with Crippen LogP contribution in [0.2, 0.25) is 0 Å². The number of methoxy groups -OCH3 is 1. The van der Waals surface area contributed by atoms with Crippen LogP contribution >= 0.6 is 0 Å². The van der Waals surface area contributed by atoms with Gasteiger partial charge in [-0.3, -0.25) is 0 Å². The molecular formula is C14H18O4. The third kappa shape index (κ3) is 6.18. The van der Waals surface area contributed by atoms with Crippen molar-refractivity contribution in [3.8, 4) is 0 Å². The number of aliphatic carboxylic acids is 1. The third-order valence-corrected chi connectivity index (χ3v) is 2.28. The molecule has 0 amide bonds. The Labute approximate surface area is 107 Å². The van der Waals surface area contributed by atoms with Crippen molar-refractivity contribution in [2.75, 3.05) is 20.3 Å². The molecule has 0 atom stereocenters. The van der Waals surface area contributed by atoms with E-state index in [-0.39, 0.29) is 0 Å². The first kappa shape index (κ1) is 14.4. The highest BCUT2D eigenvalue weighted by Crippen LogP contribution is 2.08. The Morgan fingerprint density at radius 2 is 2.22 bits per heavy atom. The van der Waals surface area contributed by atoms with E-state index in [9.17, 15) is 4.79 Å². The molecule has 0 saturated heterocycles. The number of carbonyl (C=O) groups is 1. The van der Waals surface area contributed by atoms with Crippen LogP contribution < -0.4 is 0 Å². The van der Waals surface area contributed by atoms with Gasteiger partial charge in [0, 0.05) is 26.4 Å². The zero-order chi connectivity index (χ0) is 13.2. The molecule has 1 N–H and O–H groups in total. The van der Waals surface area contributed by atoms with E-state index in [1.807, 2.05) is 24.3 Å². The van der Waals surface area contributed by atoms with Crippen molar-refractivity contribution in [3.05, 3.63) is 41.5 Å². The van der Waals surface area contributed by atoms with E-state index >= 15 is 0 Å². The van der Waals surface area contributed by atoms with Crippen molar-refractivity contribution in [2.45, 2.75) is 13.0 Å². The van der Waals surface area contributed by atoms with E-state index in [2.05, 4.69) is 0 Å². The van der Waals surface area contributed by atoms with Crippen LogP contribution in [0.1, 0.15) is 17.5 Å². The monoisotopic (exact) mass is 250 g/mol. The molecule has 0 aromatic heterocycles. The molecule has 18 heavy (non-hydrogen) atoms. The van der Waals surface area contributed by atoms with Gasteiger partial charge in [0.1, 0.15) is 0 Å². The lowest BCUT2D eigenvalue weighted by atomic mass is 10.1. The second-order valence-corrected chi connectivity index (χ2v) is 3.82. The number of hydrogen-bond acceptors (Lipinski definition) is 3. The van der Waals surface area contributed by atoms with Crippen LogP contribution in [0.5, 0.6) is 0 Å². The van der Waals surface area contributed by atoms with Gasteiger partial charge in [-0.1, -0.05) is 18.2 Å². The maximum atomic E-state index is 10.4. The van der Waals surface area contributed by atoms with Gasteiger partial charge in [-0.25, -0.2) is 4.79 Å². The Morgan fingerprint density at radius 3 is 2.94 bits per heavy atom. The highest BCUT2D eigenvalue weighted by Gasteiger charge is 1.95. The summed E-state index contributed by atoms with van der Waals surface area (Å²) in [5.41, 5.74) is 1.88. The lowest BCUT2D eigenvalue weighted by Crippen LogP contribution is -1.99. The minimum absolute atomic E-state index is 0.526. The number of benzene rings is 1. The second-order valence-electron chi connectivity index (χ2n) is 3.82. The van der Waals surface area contributed by atoms with E-state index < -0.39 is 5.97 Å². The number of ether oxygens (including phenoxy) is 2. The molecule has 0 radical (unpaired) electrons. The highest BCUT2D eigenvalue weighted by molar-refractivity contribution is 5.85. The van der Waals surface area contributed by atoms with Crippen LogP contribution in [0.15, 0.2) is 30.3 Å². The Kier molecular flexibility index (Phi) is 6.76. The van der Waals surface area contributed by atoms with Crippen molar-refractivity contribution in [2.24, 2.45) is 0 Å². The highest BCUT2D eigenvalue weighted by atomic mass is 16.5. The van der Waals surface area contributed by atoms with Crippen molar-refractivity contribution in [1.82, 2.24) is 0 Å². The van der Waals surface area contributed by atoms with Gasteiger partial charge in [0.05, 0.1) is 6.61 Å². The summed E-state index contributed by atoms with van der Waals surface area (Å²) in [6.45, 7) is 1.88. The van der Waals surface area contributed by atoms with Crippen LogP contribution in [0.4, 0.5) is 0 Å². The Hall–Kier alpha value is -1.65. The molecule has 0 spiro atoms. The quantitative estimate of drug-likeness (QED) is 0.568. The Morgan fingerprint density at radius 1 is 1.39 bits per heavy atom. The SMILES string of the molecule is COCCCOCc1cccc(C=CC(=O)O)c1. The zero-order valence-corrected chi connectivity index (χ0v) is 10.5. The average Bonchev–Trinajstić information content (AvgIpc) is 2.37. The van der Waals surface area contributed by atoms with E-state index in [4.69, 9.17) is 14.6 Å². The first-order chi connectivity index (χ1) is 8.72. The van der Waals surface area contributed by atoms with E-state index in [1.165, 1.54) is 0 Å². The summed E-state index contributed by atoms with van der Waals surface area (Å²) >= 11 is 0. The number of carboxylic acid groups (broad SMARTS) is 1. The fourth-order valence-electron chi connectivity index (χ4n) is 1.45. The molecule has 1 aromatic rings. The van der Waals surface area contributed by atoms with Gasteiger partial charge in [-0.05, 0) is 29.7 Å². The fraction of sp³-hybridized carbons (Fsp3) is 0.357. The summed E-state index contributed by atoms with van der Waals surface area (Å²) in [5.74, 6) is -0.948. The molecule has 4 nitrogen and oxygen atoms in total. The smallest absolute Gasteiger partial charge is 0.328 e. The number of rotatable bonds is 8. The number of hydrogen-bond donors (Lipinski definition) is 1. The van der Waals surface area contributed by atoms with Crippen LogP contribution in [0.3, 0.4) is 0 Å². The predicted molar refractivity (Wildman–Crippen MR) is 69.3 cm³/mol. The molecule has 0 bridgehead atoms. The normalized spacial score (nSPS) is 10.9. The lowest BCUT2D eigenvalue weighted by Gasteiger charge is -2.04. The van der Waals surface area contributed by atoms with Gasteiger partial charge in [0.15, 0.2) is 0 Å². The van der Waals surface area contributed by atoms with Crippen LogP contribution in [0.25, 0.3) is 6.08 Å². The maximum absolute atomic E-state index is 10.4. The van der Waals surface area contributed by atoms with Gasteiger partial charge >= 0.3 is 5.97 Å². The topological polar surface area (TPSA) is 55.8 Å². The molecule has 1 aromatic carbocycles. The van der Waals surface area contributed by atoms with Gasteiger partial charge in [-0.2, -0.15) is 0 Å². The average molecular weight is 250 g/mol. The van der Waals surface area contributed by atoms with Gasteiger partial charge < -0.3 is 14.6 Å². The predicted octanol–water partition coefficient (Wildman–Crippen LogP) is 2.34. The summed E-state index contributed by atoms with van der Waals surface area (Å²) in [6, 6.07) is 7.60. The molecule has 0 aliphatic rings. The van der Waals surface area contributed by atoms with Gasteiger partial charge in [0.2, 0.25) is 0 Å². The molecule has 98 valence electrons. The molecule has 4 heteroatoms. The Balaban J connectivity index is 2.42. The molecule has 0 aliphatic carbocycles. The van der Waals surface area contributed by atoms with Crippen LogP contribution in [0, 0.1) is 0 Å². The first-order valence-electron chi connectivity index (χ1n) is 5.79. The molecular weight excluding hydrogens is 232 g/mol. The summed E-state index contributed by atoms with van der Waals surface area (Å²) in [4.78, 5) is 10.4. The zero-order valence-electron chi connectivity index (χ0n) is 10.5. The molecule has 0 heterocycles. The Bertz CT molecular complexity index is 399. The second kappa shape index (κ2) is 8.44. The van der Waals surface area contributed by atoms with Gasteiger partial charge in [-0.15, -0.1) is 0 Å². The summed E-state index contributed by atoms with van der Waals surface area (Å²) in [6.07, 6.45) is 3.56. The van der Waals surface area contributed by atoms with Crippen molar-refractivity contribution >= 4 is 12.0 Å². The van der Waals surface area contributed by atoms with Gasteiger partial charge in [0.25, 0.3) is 0 Å². The molecule has 0 unspecified atom stereocenters. The van der Waals surface area contributed by atoms with Crippen molar-refractivity contribution in [3.63, 3.8) is 0 Å². The maximum Gasteiger partial charge on any atom is 0.328 e. The standard InChI is InChI=1S/C14H18O4/c1-17-8-3-9-18-11-13-5-2-4-12(10-13)6-7-14(15)16/h2,4-7,10H,3,8-9,11H2,1H3,(H,15,16). The first-order valence-corrected chi connectivity index (χ1v) is 5.79. The summed E-state index contributed by atoms with van der Waals surface area (Å²) in [5, 5.41) is 8.54. The molecule has 1 rings (SSSR count). The molecule has 0 aliphatic heterocycles. The lowest BCUT2D eigenvalue weighted by molar-refractivity contribution is -0.131. The molecule has 0 fully saturated rings. The fourth-order valence-corrected chi connectivity index (χ4v) is 1.45. The summed E-state index contributed by atoms with van der Waals surface area (Å²) in [7, 11) is 1.66. The van der Waals surface area contributed by atoms with E-state index in [1.54, 1.807) is 13.2 Å². The minimum Gasteiger partial charge on any atom is -0.478 e. The third-order valence-electron chi connectivity index (χ3n) is 2.28. The van der Waals surface area contributed by atoms with Crippen LogP contribution in [-0.4, -0.2) is 31.4 Å². The summed E-state index contributed by atoms with van der Waals surface area (Å²) < 4.78 is 10.4.